The zero-order valence-corrected chi connectivity index (χ0v) is 14.4. The molecule has 1 aromatic heterocycles. The van der Waals surface area contributed by atoms with Gasteiger partial charge in [0.2, 0.25) is 5.89 Å². The van der Waals surface area contributed by atoms with Crippen LogP contribution >= 0.6 is 0 Å². The molecule has 0 saturated carbocycles. The van der Waals surface area contributed by atoms with Crippen LogP contribution in [0.4, 0.5) is 4.79 Å². The highest BCUT2D eigenvalue weighted by molar-refractivity contribution is 6.06. The first-order chi connectivity index (χ1) is 12.4. The van der Waals surface area contributed by atoms with Gasteiger partial charge >= 0.3 is 12.0 Å². The van der Waals surface area contributed by atoms with Crippen LogP contribution in [0.25, 0.3) is 11.5 Å². The minimum Gasteiger partial charge on any atom is -0.456 e. The van der Waals surface area contributed by atoms with Gasteiger partial charge in [0.25, 0.3) is 11.8 Å². The second kappa shape index (κ2) is 6.95. The van der Waals surface area contributed by atoms with Gasteiger partial charge in [0.1, 0.15) is 5.54 Å². The normalized spacial score (nSPS) is 15.8. The molecule has 0 aliphatic carbocycles. The van der Waals surface area contributed by atoms with Crippen LogP contribution in [0, 0.1) is 0 Å². The number of urea groups is 1. The number of esters is 1. The lowest BCUT2D eigenvalue weighted by Gasteiger charge is -2.15. The number of amides is 3. The molecule has 1 aliphatic rings. The molecule has 1 saturated heterocycles. The van der Waals surface area contributed by atoms with Crippen molar-refractivity contribution in [2.75, 3.05) is 6.54 Å². The molecule has 0 unspecified atom stereocenters. The van der Waals surface area contributed by atoms with Gasteiger partial charge in [-0.1, -0.05) is 18.2 Å². The number of imide groups is 1. The first-order valence-corrected chi connectivity index (χ1v) is 8.04. The van der Waals surface area contributed by atoms with Gasteiger partial charge in [0.15, 0.2) is 6.61 Å². The Labute approximate surface area is 149 Å². The third kappa shape index (κ3) is 3.71. The van der Waals surface area contributed by atoms with Gasteiger partial charge < -0.3 is 14.5 Å². The number of carbonyl (C=O) groups excluding carboxylic acids is 3. The van der Waals surface area contributed by atoms with Crippen LogP contribution in [-0.2, 0) is 20.9 Å². The molecule has 3 amide bonds. The van der Waals surface area contributed by atoms with Crippen molar-refractivity contribution in [3.63, 3.8) is 0 Å². The lowest BCUT2D eigenvalue weighted by Crippen LogP contribution is -2.40. The van der Waals surface area contributed by atoms with Gasteiger partial charge in [-0.05, 0) is 26.0 Å². The van der Waals surface area contributed by atoms with Crippen molar-refractivity contribution < 1.29 is 23.5 Å². The minimum absolute atomic E-state index is 0.0496. The molecule has 1 aliphatic heterocycles. The molecular formula is C17H18N4O5. The van der Waals surface area contributed by atoms with Gasteiger partial charge in [-0.25, -0.2) is 4.79 Å². The maximum Gasteiger partial charge on any atom is 0.325 e. The Balaban J connectivity index is 1.49. The fraction of sp³-hybridized carbons (Fsp3) is 0.353. The molecule has 26 heavy (non-hydrogen) atoms. The zero-order chi connectivity index (χ0) is 18.7. The highest BCUT2D eigenvalue weighted by atomic mass is 16.5. The number of hydrogen-bond acceptors (Lipinski definition) is 7. The summed E-state index contributed by atoms with van der Waals surface area (Å²) in [5.41, 5.74) is -0.197. The molecule has 0 radical (unpaired) electrons. The van der Waals surface area contributed by atoms with Gasteiger partial charge in [-0.15, -0.1) is 10.2 Å². The summed E-state index contributed by atoms with van der Waals surface area (Å²) in [5.74, 6) is -0.457. The quantitative estimate of drug-likeness (QED) is 0.614. The Hall–Kier alpha value is -3.23. The summed E-state index contributed by atoms with van der Waals surface area (Å²) >= 11 is 0. The summed E-state index contributed by atoms with van der Waals surface area (Å²) in [7, 11) is 0. The molecule has 1 N–H and O–H groups in total. The summed E-state index contributed by atoms with van der Waals surface area (Å²) in [6, 6.07) is 8.69. The molecule has 0 atom stereocenters. The van der Waals surface area contributed by atoms with E-state index < -0.39 is 17.5 Å². The Morgan fingerprint density at radius 1 is 1.23 bits per heavy atom. The van der Waals surface area contributed by atoms with Gasteiger partial charge in [-0.2, -0.15) is 0 Å². The molecule has 0 bridgehead atoms. The second-order valence-corrected chi connectivity index (χ2v) is 6.29. The van der Waals surface area contributed by atoms with Crippen molar-refractivity contribution in [2.45, 2.75) is 32.4 Å². The van der Waals surface area contributed by atoms with Crippen LogP contribution < -0.4 is 5.32 Å². The van der Waals surface area contributed by atoms with Crippen molar-refractivity contribution in [2.24, 2.45) is 0 Å². The number of carbonyl (C=O) groups is 3. The SMILES string of the molecule is CC1(C)NC(=O)N(CCC(=O)OCc2nnc(-c3ccccc3)o2)C1=O. The van der Waals surface area contributed by atoms with E-state index in [1.165, 1.54) is 0 Å². The average Bonchev–Trinajstić information content (AvgIpc) is 3.16. The predicted octanol–water partition coefficient (Wildman–Crippen LogP) is 1.50. The summed E-state index contributed by atoms with van der Waals surface area (Å²) < 4.78 is 10.5. The number of ether oxygens (including phenoxy) is 1. The summed E-state index contributed by atoms with van der Waals surface area (Å²) in [5, 5.41) is 10.3. The highest BCUT2D eigenvalue weighted by Gasteiger charge is 2.44. The first-order valence-electron chi connectivity index (χ1n) is 8.04. The van der Waals surface area contributed by atoms with Crippen molar-refractivity contribution in [1.82, 2.24) is 20.4 Å². The number of hydrogen-bond donors (Lipinski definition) is 1. The average molecular weight is 358 g/mol. The molecular weight excluding hydrogens is 340 g/mol. The monoisotopic (exact) mass is 358 g/mol. The Morgan fingerprint density at radius 2 is 1.96 bits per heavy atom. The van der Waals surface area contributed by atoms with E-state index in [1.54, 1.807) is 13.8 Å². The summed E-state index contributed by atoms with van der Waals surface area (Å²) in [6.45, 7) is 2.98. The van der Waals surface area contributed by atoms with E-state index in [-0.39, 0.29) is 31.4 Å². The smallest absolute Gasteiger partial charge is 0.325 e. The van der Waals surface area contributed by atoms with E-state index in [9.17, 15) is 14.4 Å². The van der Waals surface area contributed by atoms with Crippen molar-refractivity contribution in [1.29, 1.82) is 0 Å². The van der Waals surface area contributed by atoms with E-state index in [4.69, 9.17) is 9.15 Å². The number of nitrogens with one attached hydrogen (secondary N) is 1. The summed E-state index contributed by atoms with van der Waals surface area (Å²) in [4.78, 5) is 36.6. The summed E-state index contributed by atoms with van der Waals surface area (Å²) in [6.07, 6.45) is -0.116. The predicted molar refractivity (Wildman–Crippen MR) is 88.5 cm³/mol. The lowest BCUT2D eigenvalue weighted by molar-refractivity contribution is -0.146. The van der Waals surface area contributed by atoms with Gasteiger partial charge in [0.05, 0.1) is 6.42 Å². The Bertz CT molecular complexity index is 831. The molecule has 2 heterocycles. The van der Waals surface area contributed by atoms with Crippen LogP contribution in [0.2, 0.25) is 0 Å². The molecule has 9 heteroatoms. The van der Waals surface area contributed by atoms with E-state index in [0.717, 1.165) is 10.5 Å². The third-order valence-electron chi connectivity index (χ3n) is 3.83. The number of aromatic nitrogens is 2. The molecule has 0 spiro atoms. The molecule has 2 aromatic rings. The zero-order valence-electron chi connectivity index (χ0n) is 14.4. The van der Waals surface area contributed by atoms with Crippen LogP contribution in [0.15, 0.2) is 34.7 Å². The lowest BCUT2D eigenvalue weighted by atomic mass is 10.1. The largest absolute Gasteiger partial charge is 0.456 e. The number of nitrogens with zero attached hydrogens (tertiary/aromatic N) is 3. The molecule has 1 fully saturated rings. The molecule has 3 rings (SSSR count). The fourth-order valence-electron chi connectivity index (χ4n) is 2.45. The standard InChI is InChI=1S/C17H18N4O5/c1-17(2)15(23)21(16(24)18-17)9-8-13(22)25-10-12-19-20-14(26-12)11-6-4-3-5-7-11/h3-7H,8-10H2,1-2H3,(H,18,24). The van der Waals surface area contributed by atoms with E-state index >= 15 is 0 Å². The second-order valence-electron chi connectivity index (χ2n) is 6.29. The van der Waals surface area contributed by atoms with Crippen LogP contribution in [0.5, 0.6) is 0 Å². The van der Waals surface area contributed by atoms with Gasteiger partial charge in [-0.3, -0.25) is 14.5 Å². The van der Waals surface area contributed by atoms with Crippen LogP contribution in [-0.4, -0.2) is 45.1 Å². The third-order valence-corrected chi connectivity index (χ3v) is 3.83. The van der Waals surface area contributed by atoms with E-state index in [2.05, 4.69) is 15.5 Å². The van der Waals surface area contributed by atoms with E-state index in [0.29, 0.717) is 5.89 Å². The number of benzene rings is 1. The van der Waals surface area contributed by atoms with Gasteiger partial charge in [0, 0.05) is 12.1 Å². The van der Waals surface area contributed by atoms with Crippen molar-refractivity contribution >= 4 is 17.9 Å². The van der Waals surface area contributed by atoms with Crippen LogP contribution in [0.3, 0.4) is 0 Å². The van der Waals surface area contributed by atoms with Crippen molar-refractivity contribution in [3.05, 3.63) is 36.2 Å². The van der Waals surface area contributed by atoms with Crippen molar-refractivity contribution in [3.8, 4) is 11.5 Å². The molecule has 1 aromatic carbocycles. The molecule has 136 valence electrons. The minimum atomic E-state index is -0.960. The fourth-order valence-corrected chi connectivity index (χ4v) is 2.45. The maximum absolute atomic E-state index is 12.0. The highest BCUT2D eigenvalue weighted by Crippen LogP contribution is 2.18. The van der Waals surface area contributed by atoms with Crippen LogP contribution in [0.1, 0.15) is 26.2 Å². The number of rotatable bonds is 6. The molecule has 9 nitrogen and oxygen atoms in total. The van der Waals surface area contributed by atoms with E-state index in [1.807, 2.05) is 30.3 Å². The Morgan fingerprint density at radius 3 is 2.62 bits per heavy atom. The topological polar surface area (TPSA) is 115 Å². The first kappa shape index (κ1) is 17.6. The Kier molecular flexibility index (Phi) is 4.70. The maximum atomic E-state index is 12.0.